The van der Waals surface area contributed by atoms with E-state index < -0.39 is 23.3 Å². The first kappa shape index (κ1) is 21.2. The molecule has 0 saturated heterocycles. The third kappa shape index (κ3) is 3.94. The van der Waals surface area contributed by atoms with Gasteiger partial charge in [0, 0.05) is 23.9 Å². The number of halogens is 3. The van der Waals surface area contributed by atoms with Gasteiger partial charge in [-0.05, 0) is 47.9 Å². The fourth-order valence-electron chi connectivity index (χ4n) is 3.55. The van der Waals surface area contributed by atoms with Gasteiger partial charge in [0.1, 0.15) is 0 Å². The highest BCUT2D eigenvalue weighted by Crippen LogP contribution is 2.36. The Kier molecular flexibility index (Phi) is 5.21. The molecule has 0 fully saturated rings. The van der Waals surface area contributed by atoms with Crippen molar-refractivity contribution in [2.24, 2.45) is 0 Å². The molecule has 2 aromatic carbocycles. The minimum absolute atomic E-state index is 0.139. The average molecular weight is 441 g/mol. The van der Waals surface area contributed by atoms with Crippen LogP contribution in [0.3, 0.4) is 0 Å². The fraction of sp³-hybridized carbons (Fsp3) is 0.136. The highest BCUT2D eigenvalue weighted by Gasteiger charge is 2.34. The molecule has 4 rings (SSSR count). The minimum Gasteiger partial charge on any atom is -0.382 e. The maximum atomic E-state index is 13.3. The van der Waals surface area contributed by atoms with Crippen LogP contribution in [0.15, 0.2) is 55.3 Å². The van der Waals surface area contributed by atoms with E-state index in [2.05, 4.69) is 22.3 Å². The summed E-state index contributed by atoms with van der Waals surface area (Å²) in [4.78, 5) is 23.6. The monoisotopic (exact) mass is 441 g/mol. The highest BCUT2D eigenvalue weighted by molar-refractivity contribution is 5.99. The average Bonchev–Trinajstić information content (AvgIpc) is 3.14. The number of hydrogen-bond donors (Lipinski definition) is 3. The molecule has 32 heavy (non-hydrogen) atoms. The summed E-state index contributed by atoms with van der Waals surface area (Å²) in [6, 6.07) is 8.57. The lowest BCUT2D eigenvalue weighted by atomic mass is 9.96. The van der Waals surface area contributed by atoms with E-state index in [9.17, 15) is 22.8 Å². The summed E-state index contributed by atoms with van der Waals surface area (Å²) in [5.41, 5.74) is 7.70. The van der Waals surface area contributed by atoms with Gasteiger partial charge in [0.25, 0.3) is 5.91 Å². The van der Waals surface area contributed by atoms with E-state index in [-0.39, 0.29) is 17.4 Å². The zero-order valence-electron chi connectivity index (χ0n) is 16.7. The van der Waals surface area contributed by atoms with E-state index in [1.807, 2.05) is 6.07 Å². The summed E-state index contributed by atoms with van der Waals surface area (Å²) in [7, 11) is 0. The number of rotatable bonds is 4. The lowest BCUT2D eigenvalue weighted by molar-refractivity contribution is -0.136. The number of alkyl halides is 3. The smallest absolute Gasteiger partial charge is 0.382 e. The highest BCUT2D eigenvalue weighted by atomic mass is 19.4. The van der Waals surface area contributed by atoms with Crippen molar-refractivity contribution in [3.8, 4) is 16.8 Å². The van der Waals surface area contributed by atoms with Crippen molar-refractivity contribution in [3.05, 3.63) is 71.9 Å². The maximum absolute atomic E-state index is 13.3. The van der Waals surface area contributed by atoms with Gasteiger partial charge < -0.3 is 16.4 Å². The first-order valence-electron chi connectivity index (χ1n) is 9.59. The van der Waals surface area contributed by atoms with Crippen molar-refractivity contribution in [3.63, 3.8) is 0 Å². The van der Waals surface area contributed by atoms with E-state index >= 15 is 0 Å². The molecule has 0 radical (unpaired) electrons. The van der Waals surface area contributed by atoms with Crippen molar-refractivity contribution >= 4 is 23.3 Å². The molecular weight excluding hydrogens is 423 g/mol. The molecule has 0 spiro atoms. The van der Waals surface area contributed by atoms with Crippen LogP contribution in [0, 0.1) is 0 Å². The van der Waals surface area contributed by atoms with Crippen LogP contribution < -0.4 is 16.4 Å². The lowest BCUT2D eigenvalue weighted by Crippen LogP contribution is -2.31. The van der Waals surface area contributed by atoms with Gasteiger partial charge in [-0.15, -0.1) is 0 Å². The van der Waals surface area contributed by atoms with Crippen molar-refractivity contribution in [2.75, 3.05) is 17.6 Å². The van der Waals surface area contributed by atoms with Crippen LogP contribution in [0.5, 0.6) is 0 Å². The molecule has 0 aliphatic carbocycles. The van der Waals surface area contributed by atoms with Crippen LogP contribution in [-0.4, -0.2) is 28.1 Å². The number of hydrogen-bond acceptors (Lipinski definition) is 4. The molecule has 7 nitrogen and oxygen atoms in total. The number of nitrogens with one attached hydrogen (secondary N) is 2. The van der Waals surface area contributed by atoms with Crippen LogP contribution in [0.2, 0.25) is 0 Å². The molecule has 10 heteroatoms. The Morgan fingerprint density at radius 1 is 1.22 bits per heavy atom. The van der Waals surface area contributed by atoms with Gasteiger partial charge in [0.15, 0.2) is 5.82 Å². The van der Waals surface area contributed by atoms with Crippen LogP contribution >= 0.6 is 0 Å². The summed E-state index contributed by atoms with van der Waals surface area (Å²) in [5, 5.41) is 9.17. The number of fused-ring (bicyclic) bond motifs is 1. The molecule has 0 atom stereocenters. The number of nitrogens with zero attached hydrogens (tertiary/aromatic N) is 2. The number of anilines is 2. The molecule has 4 N–H and O–H groups in total. The maximum Gasteiger partial charge on any atom is 0.418 e. The number of carbonyl (C=O) groups excluding carboxylic acids is 2. The third-order valence-electron chi connectivity index (χ3n) is 5.10. The molecule has 2 heterocycles. The molecular formula is C22H18F3N5O2. The van der Waals surface area contributed by atoms with Gasteiger partial charge in [-0.1, -0.05) is 18.7 Å². The second-order valence-corrected chi connectivity index (χ2v) is 7.17. The van der Waals surface area contributed by atoms with Crippen molar-refractivity contribution in [1.82, 2.24) is 15.1 Å². The van der Waals surface area contributed by atoms with E-state index in [0.717, 1.165) is 29.3 Å². The van der Waals surface area contributed by atoms with Crippen LogP contribution in [0.1, 0.15) is 21.5 Å². The van der Waals surface area contributed by atoms with E-state index in [0.29, 0.717) is 24.1 Å². The van der Waals surface area contributed by atoms with Crippen LogP contribution in [-0.2, 0) is 17.4 Å². The van der Waals surface area contributed by atoms with Gasteiger partial charge in [0.05, 0.1) is 16.9 Å². The molecule has 1 aliphatic heterocycles. The quantitative estimate of drug-likeness (QED) is 0.539. The number of aromatic nitrogens is 2. The largest absolute Gasteiger partial charge is 0.418 e. The van der Waals surface area contributed by atoms with Crippen molar-refractivity contribution in [1.29, 1.82) is 0 Å². The minimum atomic E-state index is -4.66. The standard InChI is InChI=1S/C22H18F3N5O2/c1-2-19(31)28-18-10-14(4-6-17(18)22(23,24)25)30-11-16(20(26)29-30)12-3-5-15-13(9-12)7-8-27-21(15)32/h2-6,9-11H,1,7-8H2,(H2,26,29)(H,27,32)(H,28,31). The molecule has 2 amide bonds. The number of benzene rings is 2. The van der Waals surface area contributed by atoms with Gasteiger partial charge in [-0.3, -0.25) is 9.59 Å². The molecule has 3 aromatic rings. The SMILES string of the molecule is C=CC(=O)Nc1cc(-n2cc(-c3ccc4c(c3)CCNC4=O)c(N)n2)ccc1C(F)(F)F. The Bertz CT molecular complexity index is 1250. The fourth-order valence-corrected chi connectivity index (χ4v) is 3.55. The second-order valence-electron chi connectivity index (χ2n) is 7.17. The Morgan fingerprint density at radius 2 is 2.00 bits per heavy atom. The Balaban J connectivity index is 1.74. The van der Waals surface area contributed by atoms with Gasteiger partial charge >= 0.3 is 6.18 Å². The van der Waals surface area contributed by atoms with E-state index in [1.54, 1.807) is 18.3 Å². The summed E-state index contributed by atoms with van der Waals surface area (Å²) in [5.74, 6) is -0.742. The molecule has 1 aromatic heterocycles. The lowest BCUT2D eigenvalue weighted by Gasteiger charge is -2.17. The molecule has 0 unspecified atom stereocenters. The summed E-state index contributed by atoms with van der Waals surface area (Å²) in [6.07, 6.45) is -1.52. The third-order valence-corrected chi connectivity index (χ3v) is 5.10. The number of amides is 2. The Hall–Kier alpha value is -4.08. The number of nitrogens with two attached hydrogens (primary N) is 1. The first-order valence-corrected chi connectivity index (χ1v) is 9.59. The normalized spacial score (nSPS) is 13.3. The van der Waals surface area contributed by atoms with Crippen LogP contribution in [0.25, 0.3) is 16.8 Å². The Morgan fingerprint density at radius 3 is 2.72 bits per heavy atom. The zero-order valence-corrected chi connectivity index (χ0v) is 16.7. The van der Waals surface area contributed by atoms with Gasteiger partial charge in [0.2, 0.25) is 5.91 Å². The molecule has 1 aliphatic rings. The van der Waals surface area contributed by atoms with Gasteiger partial charge in [-0.25, -0.2) is 4.68 Å². The van der Waals surface area contributed by atoms with Crippen molar-refractivity contribution < 1.29 is 22.8 Å². The number of carbonyl (C=O) groups is 2. The summed E-state index contributed by atoms with van der Waals surface area (Å²) < 4.78 is 41.4. The zero-order chi connectivity index (χ0) is 23.0. The molecule has 164 valence electrons. The summed E-state index contributed by atoms with van der Waals surface area (Å²) >= 11 is 0. The van der Waals surface area contributed by atoms with Crippen LogP contribution in [0.4, 0.5) is 24.7 Å². The van der Waals surface area contributed by atoms with Crippen molar-refractivity contribution in [2.45, 2.75) is 12.6 Å². The number of nitrogen functional groups attached to an aromatic ring is 1. The van der Waals surface area contributed by atoms with Gasteiger partial charge in [-0.2, -0.15) is 18.3 Å². The van der Waals surface area contributed by atoms with E-state index in [4.69, 9.17) is 5.73 Å². The second kappa shape index (κ2) is 7.88. The topological polar surface area (TPSA) is 102 Å². The Labute approximate surface area is 180 Å². The first-order chi connectivity index (χ1) is 15.2. The summed E-state index contributed by atoms with van der Waals surface area (Å²) in [6.45, 7) is 3.80. The molecule has 0 bridgehead atoms. The van der Waals surface area contributed by atoms with E-state index in [1.165, 1.54) is 10.7 Å². The predicted molar refractivity (Wildman–Crippen MR) is 113 cm³/mol. The predicted octanol–water partition coefficient (Wildman–Crippen LogP) is 3.55. The molecule has 0 saturated carbocycles.